The molecule has 0 aliphatic heterocycles. The monoisotopic (exact) mass is 249 g/mol. The van der Waals surface area contributed by atoms with Gasteiger partial charge in [-0.05, 0) is 36.7 Å². The van der Waals surface area contributed by atoms with Gasteiger partial charge in [0, 0.05) is 11.1 Å². The fraction of sp³-hybridized carbons (Fsp3) is 0.143. The highest BCUT2D eigenvalue weighted by Crippen LogP contribution is 2.32. The van der Waals surface area contributed by atoms with Crippen molar-refractivity contribution in [1.29, 1.82) is 0 Å². The number of phenols is 1. The van der Waals surface area contributed by atoms with Gasteiger partial charge >= 0.3 is 0 Å². The Kier molecular flexibility index (Phi) is 3.58. The Balaban J connectivity index is 2.55. The number of phenolic OH excluding ortho intramolecular Hbond substituents is 1. The first-order chi connectivity index (χ1) is 8.63. The molecule has 0 radical (unpaired) electrons. The first kappa shape index (κ1) is 12.5. The van der Waals surface area contributed by atoms with Gasteiger partial charge in [0.25, 0.3) is 0 Å². The van der Waals surface area contributed by atoms with E-state index < -0.39 is 11.6 Å². The number of nitrogens with two attached hydrogens (primary N) is 1. The second-order valence-electron chi connectivity index (χ2n) is 3.99. The highest BCUT2D eigenvalue weighted by Gasteiger charge is 2.13. The Hall–Kier alpha value is -1.94. The number of benzene rings is 2. The maximum absolute atomic E-state index is 13.7. The van der Waals surface area contributed by atoms with Crippen molar-refractivity contribution < 1.29 is 13.9 Å². The summed E-state index contributed by atoms with van der Waals surface area (Å²) >= 11 is 0. The number of hydrogen-bond donors (Lipinski definition) is 2. The minimum absolute atomic E-state index is 0.0476. The van der Waals surface area contributed by atoms with Gasteiger partial charge in [0.15, 0.2) is 11.6 Å². The van der Waals surface area contributed by atoms with Gasteiger partial charge in [-0.1, -0.05) is 18.2 Å². The number of hydrogen-bond acceptors (Lipinski definition) is 2. The molecule has 0 heterocycles. The Labute approximate surface area is 104 Å². The van der Waals surface area contributed by atoms with Crippen molar-refractivity contribution >= 4 is 0 Å². The Morgan fingerprint density at radius 3 is 2.56 bits per heavy atom. The Bertz CT molecular complexity index is 570. The molecule has 0 bridgehead atoms. The van der Waals surface area contributed by atoms with Crippen LogP contribution in [0.3, 0.4) is 0 Å². The quantitative estimate of drug-likeness (QED) is 0.878. The van der Waals surface area contributed by atoms with Gasteiger partial charge in [0.1, 0.15) is 5.75 Å². The predicted octanol–water partition coefficient (Wildman–Crippen LogP) is 2.84. The van der Waals surface area contributed by atoms with Crippen LogP contribution in [0.5, 0.6) is 5.75 Å². The molecule has 4 heteroatoms. The van der Waals surface area contributed by atoms with Crippen molar-refractivity contribution in [2.75, 3.05) is 6.54 Å². The molecule has 0 aliphatic rings. The number of aromatic hydroxyl groups is 1. The summed E-state index contributed by atoms with van der Waals surface area (Å²) in [7, 11) is 0. The van der Waals surface area contributed by atoms with Crippen molar-refractivity contribution in [3.63, 3.8) is 0 Å². The van der Waals surface area contributed by atoms with E-state index >= 15 is 0 Å². The van der Waals surface area contributed by atoms with Crippen LogP contribution in [0.4, 0.5) is 8.78 Å². The van der Waals surface area contributed by atoms with Crippen LogP contribution >= 0.6 is 0 Å². The molecule has 0 fully saturated rings. The van der Waals surface area contributed by atoms with E-state index in [1.807, 2.05) is 0 Å². The maximum Gasteiger partial charge on any atom is 0.166 e. The van der Waals surface area contributed by atoms with Crippen molar-refractivity contribution in [3.05, 3.63) is 53.6 Å². The largest absolute Gasteiger partial charge is 0.507 e. The second kappa shape index (κ2) is 5.14. The molecule has 0 aliphatic carbocycles. The molecule has 0 saturated heterocycles. The topological polar surface area (TPSA) is 46.2 Å². The van der Waals surface area contributed by atoms with E-state index in [1.54, 1.807) is 12.1 Å². The van der Waals surface area contributed by atoms with E-state index in [9.17, 15) is 13.9 Å². The molecule has 2 nitrogen and oxygen atoms in total. The van der Waals surface area contributed by atoms with Gasteiger partial charge in [-0.25, -0.2) is 8.78 Å². The van der Waals surface area contributed by atoms with Gasteiger partial charge in [0.2, 0.25) is 0 Å². The zero-order valence-corrected chi connectivity index (χ0v) is 9.66. The highest BCUT2D eigenvalue weighted by atomic mass is 19.2. The molecule has 94 valence electrons. The summed E-state index contributed by atoms with van der Waals surface area (Å²) in [5, 5.41) is 9.75. The maximum atomic E-state index is 13.7. The van der Waals surface area contributed by atoms with Crippen LogP contribution in [-0.4, -0.2) is 11.7 Å². The summed E-state index contributed by atoms with van der Waals surface area (Å²) < 4.78 is 26.8. The normalized spacial score (nSPS) is 10.6. The third kappa shape index (κ3) is 2.33. The van der Waals surface area contributed by atoms with Gasteiger partial charge in [-0.3, -0.25) is 0 Å². The summed E-state index contributed by atoms with van der Waals surface area (Å²) in [5.74, 6) is -1.98. The molecule has 0 unspecified atom stereocenters. The molecule has 2 aromatic carbocycles. The zero-order chi connectivity index (χ0) is 13.1. The van der Waals surface area contributed by atoms with Crippen LogP contribution in [0, 0.1) is 11.6 Å². The lowest BCUT2D eigenvalue weighted by Gasteiger charge is -2.09. The Morgan fingerprint density at radius 1 is 1.06 bits per heavy atom. The van der Waals surface area contributed by atoms with Crippen molar-refractivity contribution in [1.82, 2.24) is 0 Å². The molecule has 0 amide bonds. The molecular weight excluding hydrogens is 236 g/mol. The minimum Gasteiger partial charge on any atom is -0.507 e. The third-order valence-electron chi connectivity index (χ3n) is 2.74. The smallest absolute Gasteiger partial charge is 0.166 e. The lowest BCUT2D eigenvalue weighted by molar-refractivity contribution is 0.475. The molecule has 0 aromatic heterocycles. The van der Waals surface area contributed by atoms with Gasteiger partial charge < -0.3 is 10.8 Å². The molecule has 18 heavy (non-hydrogen) atoms. The van der Waals surface area contributed by atoms with Gasteiger partial charge in [-0.2, -0.15) is 0 Å². The average Bonchev–Trinajstić information content (AvgIpc) is 2.36. The fourth-order valence-electron chi connectivity index (χ4n) is 1.83. The van der Waals surface area contributed by atoms with Crippen LogP contribution in [0.15, 0.2) is 36.4 Å². The van der Waals surface area contributed by atoms with Crippen molar-refractivity contribution in [2.45, 2.75) is 6.42 Å². The van der Waals surface area contributed by atoms with Crippen LogP contribution in [0.1, 0.15) is 5.56 Å². The van der Waals surface area contributed by atoms with E-state index in [0.29, 0.717) is 13.0 Å². The van der Waals surface area contributed by atoms with Crippen molar-refractivity contribution in [3.8, 4) is 16.9 Å². The summed E-state index contributed by atoms with van der Waals surface area (Å²) in [4.78, 5) is 0. The molecule has 0 saturated carbocycles. The molecule has 2 aromatic rings. The van der Waals surface area contributed by atoms with E-state index in [0.717, 1.165) is 11.6 Å². The summed E-state index contributed by atoms with van der Waals surface area (Å²) in [6, 6.07) is 8.68. The van der Waals surface area contributed by atoms with Gasteiger partial charge in [0.05, 0.1) is 0 Å². The summed E-state index contributed by atoms with van der Waals surface area (Å²) in [5.41, 5.74) is 6.64. The molecule has 3 N–H and O–H groups in total. The molecule has 2 rings (SSSR count). The average molecular weight is 249 g/mol. The van der Waals surface area contributed by atoms with E-state index in [4.69, 9.17) is 5.73 Å². The third-order valence-corrected chi connectivity index (χ3v) is 2.74. The summed E-state index contributed by atoms with van der Waals surface area (Å²) in [6.07, 6.45) is 0.615. The van der Waals surface area contributed by atoms with E-state index in [2.05, 4.69) is 0 Å². The molecule has 0 atom stereocenters. The lowest BCUT2D eigenvalue weighted by atomic mass is 10.00. The van der Waals surface area contributed by atoms with Crippen LogP contribution in [-0.2, 0) is 6.42 Å². The first-order valence-corrected chi connectivity index (χ1v) is 5.60. The second-order valence-corrected chi connectivity index (χ2v) is 3.99. The fourth-order valence-corrected chi connectivity index (χ4v) is 1.83. The van der Waals surface area contributed by atoms with Crippen molar-refractivity contribution in [2.24, 2.45) is 5.73 Å². The Morgan fingerprint density at radius 2 is 1.83 bits per heavy atom. The van der Waals surface area contributed by atoms with Crippen LogP contribution in [0.2, 0.25) is 0 Å². The number of rotatable bonds is 3. The van der Waals surface area contributed by atoms with Gasteiger partial charge in [-0.15, -0.1) is 0 Å². The summed E-state index contributed by atoms with van der Waals surface area (Å²) in [6.45, 7) is 0.454. The predicted molar refractivity (Wildman–Crippen MR) is 66.2 cm³/mol. The zero-order valence-electron chi connectivity index (χ0n) is 9.66. The van der Waals surface area contributed by atoms with E-state index in [1.165, 1.54) is 18.2 Å². The molecule has 0 spiro atoms. The first-order valence-electron chi connectivity index (χ1n) is 5.60. The number of halogens is 2. The minimum atomic E-state index is -0.960. The standard InChI is InChI=1S/C14H13F2NO/c15-12-3-1-2-10(14(12)16)11-8-9(6-7-17)4-5-13(11)18/h1-5,8,18H,6-7,17H2. The van der Waals surface area contributed by atoms with Crippen LogP contribution in [0.25, 0.3) is 11.1 Å². The highest BCUT2D eigenvalue weighted by molar-refractivity contribution is 5.71. The lowest BCUT2D eigenvalue weighted by Crippen LogP contribution is -2.02. The van der Waals surface area contributed by atoms with Crippen LogP contribution < -0.4 is 5.73 Å². The van der Waals surface area contributed by atoms with E-state index in [-0.39, 0.29) is 16.9 Å². The SMILES string of the molecule is NCCc1ccc(O)c(-c2cccc(F)c2F)c1. The molecular formula is C14H13F2NO.